The molecule has 0 aliphatic carbocycles. The first-order valence-electron chi connectivity index (χ1n) is 10.2. The maximum atomic E-state index is 13.0. The van der Waals surface area contributed by atoms with E-state index in [1.807, 2.05) is 0 Å². The number of ether oxygens (including phenoxy) is 1. The first kappa shape index (κ1) is 18.9. The zero-order valence-corrected chi connectivity index (χ0v) is 16.3. The Balaban J connectivity index is 1.45. The zero-order chi connectivity index (χ0) is 21.0. The topological polar surface area (TPSA) is 113 Å². The van der Waals surface area contributed by atoms with Crippen LogP contribution in [0.25, 0.3) is 0 Å². The number of carbonyl (C=O) groups is 5. The molecule has 0 aromatic heterocycles. The average molecular weight is 411 g/mol. The summed E-state index contributed by atoms with van der Waals surface area (Å²) in [7, 11) is 0. The van der Waals surface area contributed by atoms with Crippen molar-refractivity contribution in [2.45, 2.75) is 44.3 Å². The first-order valence-corrected chi connectivity index (χ1v) is 10.2. The quantitative estimate of drug-likeness (QED) is 0.549. The molecule has 0 bridgehead atoms. The van der Waals surface area contributed by atoms with Gasteiger partial charge in [0, 0.05) is 37.0 Å². The van der Waals surface area contributed by atoms with Crippen LogP contribution in [0.15, 0.2) is 12.1 Å². The van der Waals surface area contributed by atoms with Crippen molar-refractivity contribution >= 4 is 29.9 Å². The lowest BCUT2D eigenvalue weighted by molar-refractivity contribution is -0.136. The van der Waals surface area contributed by atoms with E-state index in [-0.39, 0.29) is 35.9 Å². The number of hydrogen-bond donors (Lipinski definition) is 1. The Morgan fingerprint density at radius 1 is 1.03 bits per heavy atom. The van der Waals surface area contributed by atoms with E-state index in [0.29, 0.717) is 25.4 Å². The van der Waals surface area contributed by atoms with Gasteiger partial charge >= 0.3 is 0 Å². The van der Waals surface area contributed by atoms with Gasteiger partial charge in [0.15, 0.2) is 0 Å². The number of hydrogen-bond acceptors (Lipinski definition) is 7. The minimum Gasteiger partial charge on any atom is -0.492 e. The van der Waals surface area contributed by atoms with Gasteiger partial charge in [-0.1, -0.05) is 0 Å². The van der Waals surface area contributed by atoms with Crippen molar-refractivity contribution in [2.24, 2.45) is 5.92 Å². The lowest BCUT2D eigenvalue weighted by Crippen LogP contribution is -2.54. The lowest BCUT2D eigenvalue weighted by atomic mass is 9.93. The smallest absolute Gasteiger partial charge is 0.262 e. The van der Waals surface area contributed by atoms with Crippen LogP contribution in [-0.2, 0) is 20.9 Å². The molecule has 2 unspecified atom stereocenters. The second-order valence-electron chi connectivity index (χ2n) is 8.32. The molecule has 4 heterocycles. The SMILES string of the molecule is O=CC1CC[C@H]2COc3cc4c(cc3CN2C1)C(=O)N(C1CCC(=O)NC1=O)C4=O. The second kappa shape index (κ2) is 7.02. The molecule has 1 N–H and O–H groups in total. The molecule has 0 radical (unpaired) electrons. The van der Waals surface area contributed by atoms with Gasteiger partial charge in [-0.2, -0.15) is 0 Å². The molecule has 1 aromatic carbocycles. The Morgan fingerprint density at radius 3 is 2.53 bits per heavy atom. The molecule has 2 fully saturated rings. The van der Waals surface area contributed by atoms with Crippen LogP contribution in [0.3, 0.4) is 0 Å². The van der Waals surface area contributed by atoms with Crippen LogP contribution in [0.1, 0.15) is 52.0 Å². The normalized spacial score (nSPS) is 28.8. The third kappa shape index (κ3) is 2.92. The summed E-state index contributed by atoms with van der Waals surface area (Å²) < 4.78 is 5.98. The number of carbonyl (C=O) groups excluding carboxylic acids is 5. The molecule has 0 saturated carbocycles. The minimum absolute atomic E-state index is 0.0107. The number of piperidine rings is 2. The molecule has 3 atom stereocenters. The van der Waals surface area contributed by atoms with Crippen LogP contribution in [0.4, 0.5) is 0 Å². The maximum absolute atomic E-state index is 13.0. The highest BCUT2D eigenvalue weighted by Crippen LogP contribution is 2.36. The monoisotopic (exact) mass is 411 g/mol. The van der Waals surface area contributed by atoms with Crippen LogP contribution < -0.4 is 10.1 Å². The fraction of sp³-hybridized carbons (Fsp3) is 0.476. The molecule has 0 spiro atoms. The zero-order valence-electron chi connectivity index (χ0n) is 16.3. The molecule has 9 heteroatoms. The van der Waals surface area contributed by atoms with Crippen LogP contribution in [0.2, 0.25) is 0 Å². The van der Waals surface area contributed by atoms with Gasteiger partial charge in [-0.3, -0.25) is 34.3 Å². The molecule has 30 heavy (non-hydrogen) atoms. The van der Waals surface area contributed by atoms with Gasteiger partial charge in [0.1, 0.15) is 24.7 Å². The Morgan fingerprint density at radius 2 is 1.80 bits per heavy atom. The third-order valence-corrected chi connectivity index (χ3v) is 6.47. The van der Waals surface area contributed by atoms with Crippen molar-refractivity contribution in [3.05, 3.63) is 28.8 Å². The molecule has 4 aliphatic rings. The van der Waals surface area contributed by atoms with Gasteiger partial charge in [-0.05, 0) is 31.4 Å². The van der Waals surface area contributed by atoms with Crippen LogP contribution in [0.5, 0.6) is 5.75 Å². The summed E-state index contributed by atoms with van der Waals surface area (Å²) in [5, 5.41) is 2.19. The van der Waals surface area contributed by atoms with Gasteiger partial charge in [0.2, 0.25) is 11.8 Å². The molecule has 4 aliphatic heterocycles. The van der Waals surface area contributed by atoms with Gasteiger partial charge in [-0.15, -0.1) is 0 Å². The molecule has 1 aromatic rings. The van der Waals surface area contributed by atoms with E-state index in [9.17, 15) is 24.0 Å². The number of nitrogens with zero attached hydrogens (tertiary/aromatic N) is 2. The van der Waals surface area contributed by atoms with Crippen LogP contribution in [0, 0.1) is 5.92 Å². The van der Waals surface area contributed by atoms with E-state index < -0.39 is 29.7 Å². The summed E-state index contributed by atoms with van der Waals surface area (Å²) in [5.74, 6) is -1.57. The number of fused-ring (bicyclic) bond motifs is 3. The molecular weight excluding hydrogens is 390 g/mol. The van der Waals surface area contributed by atoms with Crippen molar-refractivity contribution in [1.29, 1.82) is 0 Å². The number of aldehydes is 1. The Labute approximate surface area is 172 Å². The second-order valence-corrected chi connectivity index (χ2v) is 8.32. The standard InChI is InChI=1S/C21H21N3O6/c25-9-11-1-2-13-10-30-17-6-15-14(5-12(17)8-23(13)7-11)20(28)24(21(15)29)16-3-4-18(26)22-19(16)27/h5-6,9,11,13,16H,1-4,7-8,10H2,(H,22,26,27)/t11?,13-,16?/m0/s1. The largest absolute Gasteiger partial charge is 0.492 e. The predicted octanol–water partition coefficient (Wildman–Crippen LogP) is 0.260. The Bertz CT molecular complexity index is 989. The minimum atomic E-state index is -0.990. The van der Waals surface area contributed by atoms with Crippen LogP contribution >= 0.6 is 0 Å². The van der Waals surface area contributed by atoms with Crippen molar-refractivity contribution in [3.63, 3.8) is 0 Å². The molecule has 9 nitrogen and oxygen atoms in total. The summed E-state index contributed by atoms with van der Waals surface area (Å²) in [4.78, 5) is 64.0. The van der Waals surface area contributed by atoms with Crippen molar-refractivity contribution in [2.75, 3.05) is 13.2 Å². The Hall–Kier alpha value is -3.07. The van der Waals surface area contributed by atoms with E-state index in [1.54, 1.807) is 12.1 Å². The number of benzene rings is 1. The van der Waals surface area contributed by atoms with Crippen molar-refractivity contribution < 1.29 is 28.7 Å². The number of nitrogens with one attached hydrogen (secondary N) is 1. The molecule has 156 valence electrons. The highest BCUT2D eigenvalue weighted by molar-refractivity contribution is 6.23. The van der Waals surface area contributed by atoms with E-state index in [4.69, 9.17) is 4.74 Å². The number of amides is 4. The van der Waals surface area contributed by atoms with Crippen LogP contribution in [-0.4, -0.2) is 65.0 Å². The van der Waals surface area contributed by atoms with Crippen molar-refractivity contribution in [1.82, 2.24) is 15.1 Å². The van der Waals surface area contributed by atoms with Gasteiger partial charge in [-0.25, -0.2) is 0 Å². The summed E-state index contributed by atoms with van der Waals surface area (Å²) in [6.07, 6.45) is 2.88. The fourth-order valence-electron chi connectivity index (χ4n) is 4.83. The number of rotatable bonds is 2. The fourth-order valence-corrected chi connectivity index (χ4v) is 4.83. The summed E-state index contributed by atoms with van der Waals surface area (Å²) in [5.41, 5.74) is 1.25. The lowest BCUT2D eigenvalue weighted by Gasteiger charge is -2.35. The van der Waals surface area contributed by atoms with E-state index in [0.717, 1.165) is 29.6 Å². The van der Waals surface area contributed by atoms with Crippen molar-refractivity contribution in [3.8, 4) is 5.75 Å². The Kier molecular flexibility index (Phi) is 4.43. The van der Waals surface area contributed by atoms with E-state index in [2.05, 4.69) is 10.2 Å². The number of imide groups is 2. The highest BCUT2D eigenvalue weighted by atomic mass is 16.5. The van der Waals surface area contributed by atoms with Gasteiger partial charge in [0.25, 0.3) is 11.8 Å². The average Bonchev–Trinajstić information content (AvgIpc) is 2.87. The van der Waals surface area contributed by atoms with Gasteiger partial charge in [0.05, 0.1) is 11.1 Å². The maximum Gasteiger partial charge on any atom is 0.262 e. The molecular formula is C21H21N3O6. The third-order valence-electron chi connectivity index (χ3n) is 6.47. The summed E-state index contributed by atoms with van der Waals surface area (Å²) in [6, 6.07) is 2.46. The van der Waals surface area contributed by atoms with E-state index >= 15 is 0 Å². The molecule has 2 saturated heterocycles. The van der Waals surface area contributed by atoms with E-state index in [1.165, 1.54) is 0 Å². The molecule has 5 rings (SSSR count). The highest BCUT2D eigenvalue weighted by Gasteiger charge is 2.45. The predicted molar refractivity (Wildman–Crippen MR) is 102 cm³/mol. The summed E-state index contributed by atoms with van der Waals surface area (Å²) >= 11 is 0. The van der Waals surface area contributed by atoms with Gasteiger partial charge < -0.3 is 9.53 Å². The first-order chi connectivity index (χ1) is 14.5. The summed E-state index contributed by atoms with van der Waals surface area (Å²) in [6.45, 7) is 1.62. The molecule has 4 amide bonds.